The molecule has 1 saturated heterocycles. The van der Waals surface area contributed by atoms with Crippen molar-refractivity contribution in [1.29, 1.82) is 0 Å². The average molecular weight is 341 g/mol. The molecule has 0 radical (unpaired) electrons. The molecule has 1 aromatic rings. The largest absolute Gasteiger partial charge is 0.378 e. The lowest BCUT2D eigenvalue weighted by Crippen LogP contribution is -2.30. The Morgan fingerprint density at radius 3 is 2.87 bits per heavy atom. The highest BCUT2D eigenvalue weighted by atomic mass is 32.2. The van der Waals surface area contributed by atoms with Crippen LogP contribution < -0.4 is 10.6 Å². The van der Waals surface area contributed by atoms with Crippen molar-refractivity contribution < 1.29 is 9.47 Å². The van der Waals surface area contributed by atoms with Gasteiger partial charge in [0.25, 0.3) is 0 Å². The van der Waals surface area contributed by atoms with Crippen molar-refractivity contribution in [3.63, 3.8) is 0 Å². The number of hydrogen-bond donors (Lipinski definition) is 0. The Labute approximate surface area is 142 Å². The normalized spacial score (nSPS) is 20.8. The SMILES string of the molecule is CCCCOC[C@H]1OCC(n2ccc(N(CC)CC)nc2=O)S1. The van der Waals surface area contributed by atoms with Crippen LogP contribution in [-0.4, -0.2) is 47.9 Å². The van der Waals surface area contributed by atoms with E-state index < -0.39 is 0 Å². The Bertz CT molecular complexity index is 534. The minimum atomic E-state index is -0.219. The number of rotatable bonds is 9. The second-order valence-corrected chi connectivity index (χ2v) is 6.77. The molecule has 6 nitrogen and oxygen atoms in total. The van der Waals surface area contributed by atoms with Crippen LogP contribution in [0.5, 0.6) is 0 Å². The fourth-order valence-electron chi connectivity index (χ4n) is 2.45. The number of hydrogen-bond acceptors (Lipinski definition) is 6. The van der Waals surface area contributed by atoms with Gasteiger partial charge in [0.15, 0.2) is 0 Å². The van der Waals surface area contributed by atoms with E-state index >= 15 is 0 Å². The molecular weight excluding hydrogens is 314 g/mol. The molecule has 0 N–H and O–H groups in total. The Morgan fingerprint density at radius 1 is 1.43 bits per heavy atom. The molecule has 1 aromatic heterocycles. The van der Waals surface area contributed by atoms with E-state index in [0.717, 1.165) is 38.4 Å². The first-order chi connectivity index (χ1) is 11.2. The maximum Gasteiger partial charge on any atom is 0.350 e. The van der Waals surface area contributed by atoms with E-state index in [1.807, 2.05) is 12.3 Å². The standard InChI is InChI=1S/C16H27N3O3S/c1-4-7-10-21-12-15-22-11-14(23-15)19-9-8-13(17-16(19)20)18(5-2)6-3/h8-9,14-15H,4-7,10-12H2,1-3H3/t14?,15-/m0/s1. The quantitative estimate of drug-likeness (QED) is 0.643. The molecule has 2 atom stereocenters. The predicted molar refractivity (Wildman–Crippen MR) is 94.2 cm³/mol. The third-order valence-electron chi connectivity index (χ3n) is 3.84. The van der Waals surface area contributed by atoms with Gasteiger partial charge in [-0.15, -0.1) is 11.8 Å². The zero-order chi connectivity index (χ0) is 16.7. The number of thioether (sulfide) groups is 1. The van der Waals surface area contributed by atoms with Crippen molar-refractivity contribution in [2.75, 3.05) is 37.8 Å². The van der Waals surface area contributed by atoms with Gasteiger partial charge in [0.2, 0.25) is 0 Å². The summed E-state index contributed by atoms with van der Waals surface area (Å²) >= 11 is 1.62. The van der Waals surface area contributed by atoms with Gasteiger partial charge in [-0.1, -0.05) is 13.3 Å². The smallest absolute Gasteiger partial charge is 0.350 e. The molecule has 7 heteroatoms. The topological polar surface area (TPSA) is 56.6 Å². The molecule has 0 saturated carbocycles. The van der Waals surface area contributed by atoms with Crippen LogP contribution in [0.25, 0.3) is 0 Å². The van der Waals surface area contributed by atoms with Crippen LogP contribution in [0.15, 0.2) is 17.1 Å². The van der Waals surface area contributed by atoms with Gasteiger partial charge in [0.1, 0.15) is 16.6 Å². The van der Waals surface area contributed by atoms with Crippen molar-refractivity contribution in [2.24, 2.45) is 0 Å². The number of unbranched alkanes of at least 4 members (excludes halogenated alkanes) is 1. The monoisotopic (exact) mass is 341 g/mol. The molecule has 2 heterocycles. The van der Waals surface area contributed by atoms with Crippen LogP contribution in [0.3, 0.4) is 0 Å². The summed E-state index contributed by atoms with van der Waals surface area (Å²) in [7, 11) is 0. The molecule has 0 amide bonds. The number of nitrogens with zero attached hydrogens (tertiary/aromatic N) is 3. The van der Waals surface area contributed by atoms with Gasteiger partial charge in [-0.25, -0.2) is 4.79 Å². The molecule has 23 heavy (non-hydrogen) atoms. The maximum absolute atomic E-state index is 12.3. The van der Waals surface area contributed by atoms with Crippen LogP contribution >= 0.6 is 11.8 Å². The lowest BCUT2D eigenvalue weighted by atomic mass is 10.4. The molecule has 130 valence electrons. The summed E-state index contributed by atoms with van der Waals surface area (Å²) in [5, 5.41) is -0.0273. The fourth-order valence-corrected chi connectivity index (χ4v) is 3.58. The van der Waals surface area contributed by atoms with E-state index in [4.69, 9.17) is 9.47 Å². The Kier molecular flexibility index (Phi) is 7.39. The third kappa shape index (κ3) is 4.96. The van der Waals surface area contributed by atoms with Gasteiger partial charge in [-0.05, 0) is 26.3 Å². The molecule has 1 aliphatic heterocycles. The van der Waals surface area contributed by atoms with E-state index in [0.29, 0.717) is 13.2 Å². The molecule has 0 bridgehead atoms. The summed E-state index contributed by atoms with van der Waals surface area (Å²) < 4.78 is 13.0. The van der Waals surface area contributed by atoms with Gasteiger partial charge in [-0.2, -0.15) is 4.98 Å². The summed E-state index contributed by atoms with van der Waals surface area (Å²) in [6, 6.07) is 1.90. The summed E-state index contributed by atoms with van der Waals surface area (Å²) in [5.74, 6) is 0.736. The number of ether oxygens (including phenoxy) is 2. The molecule has 2 rings (SSSR count). The Balaban J connectivity index is 1.94. The van der Waals surface area contributed by atoms with Gasteiger partial charge in [-0.3, -0.25) is 4.57 Å². The summed E-state index contributed by atoms with van der Waals surface area (Å²) in [4.78, 5) is 18.6. The van der Waals surface area contributed by atoms with Gasteiger partial charge >= 0.3 is 5.69 Å². The number of anilines is 1. The van der Waals surface area contributed by atoms with Gasteiger partial charge in [0.05, 0.1) is 13.2 Å². The molecule has 0 aliphatic carbocycles. The minimum absolute atomic E-state index is 0.00813. The summed E-state index contributed by atoms with van der Waals surface area (Å²) in [6.45, 7) is 9.78. The molecule has 1 fully saturated rings. The average Bonchev–Trinajstić information content (AvgIpc) is 3.01. The zero-order valence-corrected chi connectivity index (χ0v) is 15.1. The zero-order valence-electron chi connectivity index (χ0n) is 14.2. The molecule has 1 unspecified atom stereocenters. The van der Waals surface area contributed by atoms with E-state index in [1.165, 1.54) is 0 Å². The van der Waals surface area contributed by atoms with Crippen LogP contribution in [0, 0.1) is 0 Å². The fraction of sp³-hybridized carbons (Fsp3) is 0.750. The third-order valence-corrected chi connectivity index (χ3v) is 5.10. The Morgan fingerprint density at radius 2 is 2.22 bits per heavy atom. The van der Waals surface area contributed by atoms with Crippen molar-refractivity contribution in [3.05, 3.63) is 22.7 Å². The summed E-state index contributed by atoms with van der Waals surface area (Å²) in [5.41, 5.74) is -0.228. The second-order valence-electron chi connectivity index (χ2n) is 5.43. The van der Waals surface area contributed by atoms with E-state index in [2.05, 4.69) is 30.7 Å². The highest BCUT2D eigenvalue weighted by Crippen LogP contribution is 2.34. The van der Waals surface area contributed by atoms with Crippen molar-refractivity contribution >= 4 is 17.6 Å². The lowest BCUT2D eigenvalue weighted by Gasteiger charge is -2.20. The number of aromatic nitrogens is 2. The van der Waals surface area contributed by atoms with E-state index in [9.17, 15) is 4.79 Å². The molecule has 0 aromatic carbocycles. The molecular formula is C16H27N3O3S. The van der Waals surface area contributed by atoms with Crippen LogP contribution in [0.4, 0.5) is 5.82 Å². The maximum atomic E-state index is 12.3. The molecule has 1 aliphatic rings. The first kappa shape index (κ1) is 18.3. The highest BCUT2D eigenvalue weighted by Gasteiger charge is 2.28. The van der Waals surface area contributed by atoms with Crippen molar-refractivity contribution in [2.45, 2.75) is 44.4 Å². The Hall–Kier alpha value is -1.05. The van der Waals surface area contributed by atoms with E-state index in [1.54, 1.807) is 16.3 Å². The first-order valence-corrected chi connectivity index (χ1v) is 9.32. The predicted octanol–water partition coefficient (Wildman–Crippen LogP) is 2.49. The van der Waals surface area contributed by atoms with Crippen LogP contribution in [0.1, 0.15) is 39.0 Å². The second kappa shape index (κ2) is 9.30. The minimum Gasteiger partial charge on any atom is -0.378 e. The van der Waals surface area contributed by atoms with E-state index in [-0.39, 0.29) is 16.5 Å². The van der Waals surface area contributed by atoms with Crippen LogP contribution in [-0.2, 0) is 9.47 Å². The van der Waals surface area contributed by atoms with Crippen molar-refractivity contribution in [1.82, 2.24) is 9.55 Å². The lowest BCUT2D eigenvalue weighted by molar-refractivity contribution is 0.0369. The summed E-state index contributed by atoms with van der Waals surface area (Å²) in [6.07, 6.45) is 4.02. The highest BCUT2D eigenvalue weighted by molar-refractivity contribution is 8.00. The van der Waals surface area contributed by atoms with Gasteiger partial charge in [0, 0.05) is 25.9 Å². The molecule has 0 spiro atoms. The van der Waals surface area contributed by atoms with Crippen LogP contribution in [0.2, 0.25) is 0 Å². The van der Waals surface area contributed by atoms with Gasteiger partial charge < -0.3 is 14.4 Å². The first-order valence-electron chi connectivity index (χ1n) is 8.38. The van der Waals surface area contributed by atoms with Crippen molar-refractivity contribution in [3.8, 4) is 0 Å².